The Labute approximate surface area is 396 Å². The zero-order valence-electron chi connectivity index (χ0n) is 41.1. The van der Waals surface area contributed by atoms with Crippen molar-refractivity contribution < 1.29 is 56.8 Å². The molecule has 0 aromatic rings. The Hall–Kier alpha value is -1.87. The van der Waals surface area contributed by atoms with Gasteiger partial charge in [-0.05, 0) is 38.5 Å². The third kappa shape index (κ3) is 36.8. The molecule has 4 N–H and O–H groups in total. The van der Waals surface area contributed by atoms with Crippen molar-refractivity contribution >= 4 is 22.1 Å². The Bertz CT molecular complexity index is 1290. The summed E-state index contributed by atoms with van der Waals surface area (Å²) in [5.74, 6) is -1.99. The molecule has 1 aliphatic rings. The van der Waals surface area contributed by atoms with Gasteiger partial charge >= 0.3 is 11.9 Å². The number of esters is 2. The lowest BCUT2D eigenvalue weighted by Gasteiger charge is -2.40. The van der Waals surface area contributed by atoms with E-state index < -0.39 is 71.2 Å². The van der Waals surface area contributed by atoms with E-state index in [0.717, 1.165) is 64.2 Å². The van der Waals surface area contributed by atoms with Crippen LogP contribution in [-0.2, 0) is 38.7 Å². The van der Waals surface area contributed by atoms with Crippen molar-refractivity contribution in [1.82, 2.24) is 0 Å². The molecule has 0 aromatic heterocycles. The van der Waals surface area contributed by atoms with Crippen molar-refractivity contribution in [1.29, 1.82) is 0 Å². The van der Waals surface area contributed by atoms with Gasteiger partial charge in [0.2, 0.25) is 0 Å². The predicted molar refractivity (Wildman–Crippen MR) is 261 cm³/mol. The van der Waals surface area contributed by atoms with Crippen molar-refractivity contribution in [2.75, 3.05) is 19.0 Å². The van der Waals surface area contributed by atoms with Gasteiger partial charge in [-0.25, -0.2) is 0 Å². The SMILES string of the molecule is CCCC/C=C/C/C=C/CCCCCCCC(=O)O[C@H](COC(=O)CCCCCCCCCCCCCCCCCCCCCCCCC)CO[C@H]1O[C@H](CS(=O)(=O)O)[C@@H](O)C(O)C1O. The number of hydrogen-bond donors (Lipinski definition) is 4. The van der Waals surface area contributed by atoms with Gasteiger partial charge in [0.25, 0.3) is 10.1 Å². The highest BCUT2D eigenvalue weighted by atomic mass is 32.2. The Balaban J connectivity index is 2.31. The van der Waals surface area contributed by atoms with Gasteiger partial charge in [0.05, 0.1) is 6.61 Å². The summed E-state index contributed by atoms with van der Waals surface area (Å²) in [5.41, 5.74) is 0. The topological polar surface area (TPSA) is 186 Å². The fourth-order valence-electron chi connectivity index (χ4n) is 8.17. The van der Waals surface area contributed by atoms with Crippen LogP contribution in [0.25, 0.3) is 0 Å². The van der Waals surface area contributed by atoms with E-state index in [2.05, 4.69) is 38.2 Å². The normalized spacial score (nSPS) is 19.6. The predicted octanol–water partition coefficient (Wildman–Crippen LogP) is 12.0. The molecule has 0 saturated carbocycles. The Kier molecular flexibility index (Phi) is 39.7. The van der Waals surface area contributed by atoms with Gasteiger partial charge in [0, 0.05) is 12.8 Å². The summed E-state index contributed by atoms with van der Waals surface area (Å²) in [5, 5.41) is 31.0. The molecular formula is C52H96O12S. The fraction of sp³-hybridized carbons (Fsp3) is 0.885. The van der Waals surface area contributed by atoms with Gasteiger partial charge in [-0.3, -0.25) is 14.1 Å². The molecule has 0 aromatic carbocycles. The summed E-state index contributed by atoms with van der Waals surface area (Å²) in [4.78, 5) is 25.5. The molecule has 1 aliphatic heterocycles. The van der Waals surface area contributed by atoms with E-state index in [1.807, 2.05) is 0 Å². The number of unbranched alkanes of at least 4 members (excludes halogenated alkanes) is 29. The zero-order chi connectivity index (χ0) is 47.6. The van der Waals surface area contributed by atoms with Crippen LogP contribution < -0.4 is 0 Å². The standard InChI is InChI=1S/C52H96O12S/c1-3-5-7-9-11-13-15-17-19-20-21-22-23-24-25-26-27-29-30-32-34-36-38-40-47(53)61-42-45(43-62-52-51(57)50(56)49(55)46(64-52)44-65(58,59)60)63-48(54)41-39-37-35-33-31-28-18-16-14-12-10-8-6-4-2/h10,12,16,18,45-46,49-52,55-57H,3-9,11,13-15,17,19-44H2,1-2H3,(H,58,59,60)/b12-10+,18-16+/t45-,46-,49-,50?,51?,52+/m1/s1. The minimum absolute atomic E-state index is 0.151. The second-order valence-corrected chi connectivity index (χ2v) is 20.0. The van der Waals surface area contributed by atoms with E-state index in [1.54, 1.807) is 0 Å². The van der Waals surface area contributed by atoms with Gasteiger partial charge in [-0.2, -0.15) is 8.42 Å². The van der Waals surface area contributed by atoms with Crippen molar-refractivity contribution in [3.8, 4) is 0 Å². The van der Waals surface area contributed by atoms with E-state index >= 15 is 0 Å². The first-order valence-corrected chi connectivity index (χ1v) is 28.0. The molecule has 0 aliphatic carbocycles. The number of aliphatic hydroxyl groups excluding tert-OH is 3. The highest BCUT2D eigenvalue weighted by molar-refractivity contribution is 7.85. The summed E-state index contributed by atoms with van der Waals surface area (Å²) in [6, 6.07) is 0. The highest BCUT2D eigenvalue weighted by Crippen LogP contribution is 2.24. The molecule has 0 spiro atoms. The molecule has 0 bridgehead atoms. The van der Waals surface area contributed by atoms with Crippen LogP contribution in [0.15, 0.2) is 24.3 Å². The number of rotatable bonds is 45. The molecule has 0 radical (unpaired) electrons. The number of ether oxygens (including phenoxy) is 4. The minimum Gasteiger partial charge on any atom is -0.462 e. The van der Waals surface area contributed by atoms with Crippen LogP contribution in [0.1, 0.15) is 239 Å². The summed E-state index contributed by atoms with van der Waals surface area (Å²) in [6.45, 7) is 3.74. The highest BCUT2D eigenvalue weighted by Gasteiger charge is 2.46. The smallest absolute Gasteiger partial charge is 0.306 e. The van der Waals surface area contributed by atoms with E-state index in [1.165, 1.54) is 135 Å². The minimum atomic E-state index is -4.60. The molecule has 12 nitrogen and oxygen atoms in total. The molecular weight excluding hydrogens is 849 g/mol. The molecule has 382 valence electrons. The second kappa shape index (κ2) is 42.2. The zero-order valence-corrected chi connectivity index (χ0v) is 41.9. The van der Waals surface area contributed by atoms with Gasteiger partial charge < -0.3 is 34.3 Å². The van der Waals surface area contributed by atoms with Crippen molar-refractivity contribution in [3.63, 3.8) is 0 Å². The first-order chi connectivity index (χ1) is 31.5. The average Bonchev–Trinajstić information content (AvgIpc) is 3.27. The summed E-state index contributed by atoms with van der Waals surface area (Å²) in [6.07, 6.45) is 39.4. The Morgan fingerprint density at radius 2 is 0.938 bits per heavy atom. The third-order valence-corrected chi connectivity index (χ3v) is 13.0. The Morgan fingerprint density at radius 3 is 1.40 bits per heavy atom. The van der Waals surface area contributed by atoms with Gasteiger partial charge in [-0.1, -0.05) is 212 Å². The van der Waals surface area contributed by atoms with Crippen molar-refractivity contribution in [3.05, 3.63) is 24.3 Å². The van der Waals surface area contributed by atoms with E-state index in [-0.39, 0.29) is 19.4 Å². The van der Waals surface area contributed by atoms with Gasteiger partial charge in [-0.15, -0.1) is 0 Å². The molecule has 6 atom stereocenters. The second-order valence-electron chi connectivity index (χ2n) is 18.5. The largest absolute Gasteiger partial charge is 0.462 e. The molecule has 2 unspecified atom stereocenters. The molecule has 0 amide bonds. The van der Waals surface area contributed by atoms with Crippen LogP contribution in [0.3, 0.4) is 0 Å². The Morgan fingerprint density at radius 1 is 0.523 bits per heavy atom. The average molecular weight is 945 g/mol. The first kappa shape index (κ1) is 61.1. The van der Waals surface area contributed by atoms with Crippen LogP contribution in [0.5, 0.6) is 0 Å². The lowest BCUT2D eigenvalue weighted by Crippen LogP contribution is -2.60. The van der Waals surface area contributed by atoms with Crippen LogP contribution >= 0.6 is 0 Å². The lowest BCUT2D eigenvalue weighted by atomic mass is 10.00. The van der Waals surface area contributed by atoms with Gasteiger partial charge in [0.1, 0.15) is 36.8 Å². The molecule has 13 heteroatoms. The number of carbonyl (C=O) groups excluding carboxylic acids is 2. The molecule has 1 saturated heterocycles. The maximum absolute atomic E-state index is 12.8. The van der Waals surface area contributed by atoms with E-state index in [4.69, 9.17) is 18.9 Å². The van der Waals surface area contributed by atoms with Crippen LogP contribution in [0, 0.1) is 0 Å². The van der Waals surface area contributed by atoms with E-state index in [0.29, 0.717) is 12.8 Å². The third-order valence-electron chi connectivity index (χ3n) is 12.3. The molecule has 1 fully saturated rings. The summed E-state index contributed by atoms with van der Waals surface area (Å²) in [7, 11) is -4.60. The maximum atomic E-state index is 12.8. The first-order valence-electron chi connectivity index (χ1n) is 26.4. The van der Waals surface area contributed by atoms with Crippen LogP contribution in [0.2, 0.25) is 0 Å². The summed E-state index contributed by atoms with van der Waals surface area (Å²) < 4.78 is 54.2. The number of hydrogen-bond acceptors (Lipinski definition) is 11. The van der Waals surface area contributed by atoms with E-state index in [9.17, 15) is 37.9 Å². The maximum Gasteiger partial charge on any atom is 0.306 e. The number of allylic oxidation sites excluding steroid dienone is 4. The molecule has 1 rings (SSSR count). The van der Waals surface area contributed by atoms with Crippen LogP contribution in [0.4, 0.5) is 0 Å². The van der Waals surface area contributed by atoms with Crippen LogP contribution in [-0.4, -0.2) is 96.0 Å². The summed E-state index contributed by atoms with van der Waals surface area (Å²) >= 11 is 0. The fourth-order valence-corrected chi connectivity index (χ4v) is 8.86. The number of carbonyl (C=O) groups is 2. The van der Waals surface area contributed by atoms with Crippen molar-refractivity contribution in [2.45, 2.75) is 275 Å². The van der Waals surface area contributed by atoms with Gasteiger partial charge in [0.15, 0.2) is 12.4 Å². The van der Waals surface area contributed by atoms with Crippen molar-refractivity contribution in [2.24, 2.45) is 0 Å². The molecule has 65 heavy (non-hydrogen) atoms. The quantitative estimate of drug-likeness (QED) is 0.0196. The lowest BCUT2D eigenvalue weighted by molar-refractivity contribution is -0.297. The molecule has 1 heterocycles. The number of aliphatic hydroxyl groups is 3. The monoisotopic (exact) mass is 945 g/mol.